The van der Waals surface area contributed by atoms with Crippen molar-refractivity contribution in [1.82, 2.24) is 26.2 Å². The largest absolute Gasteiger partial charge is 0.391 e. The summed E-state index contributed by atoms with van der Waals surface area (Å²) in [6, 6.07) is 9.15. The summed E-state index contributed by atoms with van der Waals surface area (Å²) in [6.07, 6.45) is -0.289. The molecule has 5 atom stereocenters. The van der Waals surface area contributed by atoms with Crippen LogP contribution in [0.15, 0.2) is 53.5 Å². The third-order valence-corrected chi connectivity index (χ3v) is 8.21. The van der Waals surface area contributed by atoms with Crippen LogP contribution in [-0.2, 0) is 43.4 Å². The molecule has 0 spiro atoms. The maximum absolute atomic E-state index is 13.4. The second kappa shape index (κ2) is 16.8. The van der Waals surface area contributed by atoms with E-state index in [4.69, 9.17) is 17.2 Å². The molecule has 2 aromatic carbocycles. The summed E-state index contributed by atoms with van der Waals surface area (Å²) in [7, 11) is 0. The van der Waals surface area contributed by atoms with Gasteiger partial charge in [0.2, 0.25) is 29.5 Å². The second-order valence-electron chi connectivity index (χ2n) is 11.9. The summed E-state index contributed by atoms with van der Waals surface area (Å²) < 4.78 is 13.3. The number of amides is 5. The highest BCUT2D eigenvalue weighted by atomic mass is 19.1. The number of carbonyl (C=O) groups is 5. The SMILES string of the molecule is NC(N)=NCCC[C@H](NC(=O)[C@@H]1CC(O)CN1C(=O)[C@@H](N)Cc1ccc(F)cc1)C(=O)NCC(=O)NC(=O)C1Cc2ccccc2CN1. The van der Waals surface area contributed by atoms with Crippen molar-refractivity contribution in [2.24, 2.45) is 22.2 Å². The summed E-state index contributed by atoms with van der Waals surface area (Å²) in [5.74, 6) is -3.89. The predicted octanol–water partition coefficient (Wildman–Crippen LogP) is -2.33. The number of hydrogen-bond donors (Lipinski definition) is 8. The number of halogens is 1. The van der Waals surface area contributed by atoms with Crippen LogP contribution < -0.4 is 38.5 Å². The highest BCUT2D eigenvalue weighted by molar-refractivity contribution is 6.00. The topological polar surface area (TPSA) is 247 Å². The summed E-state index contributed by atoms with van der Waals surface area (Å²) >= 11 is 0. The molecule has 1 fully saturated rings. The number of aliphatic imine (C=N–C) groups is 1. The predicted molar refractivity (Wildman–Crippen MR) is 173 cm³/mol. The monoisotopic (exact) mass is 667 g/mol. The van der Waals surface area contributed by atoms with E-state index in [1.165, 1.54) is 29.2 Å². The molecular formula is C32H42FN9O6. The molecule has 5 amide bonds. The van der Waals surface area contributed by atoms with E-state index in [9.17, 15) is 33.5 Å². The quantitative estimate of drug-likeness (QED) is 0.0643. The van der Waals surface area contributed by atoms with E-state index in [1.807, 2.05) is 24.3 Å². The summed E-state index contributed by atoms with van der Waals surface area (Å²) in [4.78, 5) is 70.3. The fourth-order valence-electron chi connectivity index (χ4n) is 5.72. The van der Waals surface area contributed by atoms with Crippen molar-refractivity contribution in [2.75, 3.05) is 19.6 Å². The molecule has 2 aliphatic rings. The lowest BCUT2D eigenvalue weighted by atomic mass is 9.95. The maximum atomic E-state index is 13.4. The minimum Gasteiger partial charge on any atom is -0.391 e. The van der Waals surface area contributed by atoms with Crippen molar-refractivity contribution in [1.29, 1.82) is 0 Å². The Hall–Kier alpha value is -4.93. The van der Waals surface area contributed by atoms with Crippen LogP contribution in [0.5, 0.6) is 0 Å². The Labute approximate surface area is 276 Å². The fraction of sp³-hybridized carbons (Fsp3) is 0.438. The zero-order valence-corrected chi connectivity index (χ0v) is 26.4. The smallest absolute Gasteiger partial charge is 0.245 e. The van der Waals surface area contributed by atoms with Gasteiger partial charge in [0.15, 0.2) is 5.96 Å². The van der Waals surface area contributed by atoms with E-state index >= 15 is 0 Å². The number of guanidine groups is 1. The van der Waals surface area contributed by atoms with Gasteiger partial charge in [0.1, 0.15) is 17.9 Å². The van der Waals surface area contributed by atoms with Gasteiger partial charge >= 0.3 is 0 Å². The highest BCUT2D eigenvalue weighted by Crippen LogP contribution is 2.21. The van der Waals surface area contributed by atoms with Gasteiger partial charge < -0.3 is 43.2 Å². The lowest BCUT2D eigenvalue weighted by Crippen LogP contribution is -2.56. The molecule has 0 bridgehead atoms. The number of nitrogens with zero attached hydrogens (tertiary/aromatic N) is 2. The summed E-state index contributed by atoms with van der Waals surface area (Å²) in [5, 5.41) is 20.8. The average Bonchev–Trinajstić information content (AvgIpc) is 3.46. The van der Waals surface area contributed by atoms with Gasteiger partial charge in [-0.2, -0.15) is 0 Å². The summed E-state index contributed by atoms with van der Waals surface area (Å²) in [5.41, 5.74) is 19.6. The van der Waals surface area contributed by atoms with Crippen LogP contribution in [0.25, 0.3) is 0 Å². The van der Waals surface area contributed by atoms with E-state index in [1.54, 1.807) is 0 Å². The molecule has 15 nitrogen and oxygen atoms in total. The molecule has 2 heterocycles. The number of likely N-dealkylation sites (tertiary alicyclic amines) is 1. The molecule has 16 heteroatoms. The van der Waals surface area contributed by atoms with Crippen molar-refractivity contribution in [2.45, 2.75) is 68.9 Å². The lowest BCUT2D eigenvalue weighted by molar-refractivity contribution is -0.140. The van der Waals surface area contributed by atoms with Crippen molar-refractivity contribution < 1.29 is 33.5 Å². The number of hydrogen-bond acceptors (Lipinski definition) is 9. The van der Waals surface area contributed by atoms with Gasteiger partial charge in [0.25, 0.3) is 0 Å². The van der Waals surface area contributed by atoms with Gasteiger partial charge in [-0.3, -0.25) is 34.3 Å². The third-order valence-electron chi connectivity index (χ3n) is 8.21. The highest BCUT2D eigenvalue weighted by Gasteiger charge is 2.41. The van der Waals surface area contributed by atoms with Crippen LogP contribution in [0.1, 0.15) is 36.0 Å². The van der Waals surface area contributed by atoms with Crippen LogP contribution in [-0.4, -0.2) is 95.4 Å². The van der Waals surface area contributed by atoms with Crippen LogP contribution in [0.4, 0.5) is 4.39 Å². The number of carbonyl (C=O) groups excluding carboxylic acids is 5. The van der Waals surface area contributed by atoms with E-state index in [0.29, 0.717) is 18.5 Å². The molecule has 1 saturated heterocycles. The van der Waals surface area contributed by atoms with Gasteiger partial charge in [-0.25, -0.2) is 4.39 Å². The molecule has 2 aliphatic heterocycles. The fourth-order valence-corrected chi connectivity index (χ4v) is 5.72. The molecule has 0 aromatic heterocycles. The second-order valence-corrected chi connectivity index (χ2v) is 11.9. The van der Waals surface area contributed by atoms with Crippen LogP contribution >= 0.6 is 0 Å². The number of benzene rings is 2. The molecule has 11 N–H and O–H groups in total. The first-order valence-electron chi connectivity index (χ1n) is 15.7. The lowest BCUT2D eigenvalue weighted by Gasteiger charge is -2.28. The van der Waals surface area contributed by atoms with Gasteiger partial charge in [0.05, 0.1) is 24.7 Å². The number of aliphatic hydroxyl groups is 1. The molecule has 0 aliphatic carbocycles. The third kappa shape index (κ3) is 10.0. The van der Waals surface area contributed by atoms with Gasteiger partial charge in [-0.15, -0.1) is 0 Å². The number of fused-ring (bicyclic) bond motifs is 1. The zero-order chi connectivity index (χ0) is 34.8. The minimum absolute atomic E-state index is 0.0631. The van der Waals surface area contributed by atoms with E-state index < -0.39 is 72.2 Å². The van der Waals surface area contributed by atoms with Gasteiger partial charge in [0, 0.05) is 26.1 Å². The van der Waals surface area contributed by atoms with E-state index in [0.717, 1.165) is 11.1 Å². The molecule has 0 radical (unpaired) electrons. The van der Waals surface area contributed by atoms with Crippen molar-refractivity contribution in [3.8, 4) is 0 Å². The number of imide groups is 1. The molecule has 4 rings (SSSR count). The number of nitrogens with one attached hydrogen (secondary N) is 4. The summed E-state index contributed by atoms with van der Waals surface area (Å²) in [6.45, 7) is -0.0642. The van der Waals surface area contributed by atoms with Gasteiger partial charge in [-0.05, 0) is 54.5 Å². The first kappa shape index (κ1) is 35.9. The Morgan fingerprint density at radius 3 is 2.46 bits per heavy atom. The van der Waals surface area contributed by atoms with Crippen molar-refractivity contribution in [3.63, 3.8) is 0 Å². The molecular weight excluding hydrogens is 625 g/mol. The van der Waals surface area contributed by atoms with E-state index in [2.05, 4.69) is 26.3 Å². The number of nitrogens with two attached hydrogens (primary N) is 3. The normalized spacial score (nSPS) is 19.7. The maximum Gasteiger partial charge on any atom is 0.245 e. The Morgan fingerprint density at radius 1 is 1.04 bits per heavy atom. The van der Waals surface area contributed by atoms with Crippen LogP contribution in [0.2, 0.25) is 0 Å². The van der Waals surface area contributed by atoms with Crippen LogP contribution in [0.3, 0.4) is 0 Å². The Morgan fingerprint density at radius 2 is 1.75 bits per heavy atom. The number of aliphatic hydroxyl groups excluding tert-OH is 1. The molecule has 2 aromatic rings. The Balaban J connectivity index is 1.35. The molecule has 48 heavy (non-hydrogen) atoms. The van der Waals surface area contributed by atoms with Crippen molar-refractivity contribution in [3.05, 3.63) is 71.0 Å². The average molecular weight is 668 g/mol. The number of β-amino-alcohol motifs (C(OH)–C–C–N with tert-alkyl or cyclic N) is 1. The van der Waals surface area contributed by atoms with Crippen molar-refractivity contribution >= 4 is 35.5 Å². The Kier molecular flexibility index (Phi) is 12.5. The number of rotatable bonds is 13. The first-order chi connectivity index (χ1) is 22.9. The standard InChI is InChI=1S/C32H42FN9O6/c33-21-9-7-18(8-10-21)12-23(34)31(48)42-17-22(43)14-26(42)30(47)40-24(6-3-11-37-32(35)36)28(45)39-16-27(44)41-29(46)25-13-19-4-1-2-5-20(19)15-38-25/h1-2,4-5,7-10,22-26,38,43H,3,6,11-17,34H2,(H,39,45)(H,40,47)(H4,35,36,37)(H,41,44,46)/t22?,23-,24-,25?,26-/m0/s1. The zero-order valence-electron chi connectivity index (χ0n) is 26.4. The molecule has 2 unspecified atom stereocenters. The van der Waals surface area contributed by atoms with Crippen LogP contribution in [0, 0.1) is 5.82 Å². The van der Waals surface area contributed by atoms with E-state index in [-0.39, 0.29) is 44.7 Å². The first-order valence-corrected chi connectivity index (χ1v) is 15.7. The molecule has 0 saturated carbocycles. The molecule has 258 valence electrons. The van der Waals surface area contributed by atoms with Gasteiger partial charge in [-0.1, -0.05) is 36.4 Å². The Bertz CT molecular complexity index is 1520. The minimum atomic E-state index is -1.17.